The molecule has 4 N–H and O–H groups in total. The van der Waals surface area contributed by atoms with Crippen LogP contribution < -0.4 is 118 Å². The second-order valence-electron chi connectivity index (χ2n) is 1.03. The molecule has 0 saturated carbocycles. The van der Waals surface area contributed by atoms with Crippen LogP contribution in [0.2, 0.25) is 0 Å². The normalized spacial score (nSPS) is 6.46. The average molecular weight is 253 g/mol. The third kappa shape index (κ3) is 224. The zero-order valence-electron chi connectivity index (χ0n) is 11.6. The molecule has 13 heavy (non-hydrogen) atoms. The molecule has 0 aliphatic carbocycles. The molecule has 0 spiro atoms. The van der Waals surface area contributed by atoms with Crippen molar-refractivity contribution < 1.29 is 152 Å². The average Bonchev–Trinajstić information content (AvgIpc) is 1.19. The molecule has 0 heterocycles. The summed E-state index contributed by atoms with van der Waals surface area (Å²) in [5, 5.41) is 7.42. The molecule has 0 bridgehead atoms. The Kier molecular flexibility index (Phi) is 57.9. The van der Waals surface area contributed by atoms with Crippen LogP contribution in [0.15, 0.2) is 0 Å². The summed E-state index contributed by atoms with van der Waals surface area (Å²) in [5.74, 6) is -0.833. The van der Waals surface area contributed by atoms with E-state index in [2.05, 4.69) is 0 Å². The number of carboxylic acid groups (broad SMARTS) is 1. The van der Waals surface area contributed by atoms with E-state index in [0.717, 1.165) is 6.92 Å². The number of carboxylic acids is 1. The van der Waals surface area contributed by atoms with Gasteiger partial charge in [-0.05, 0) is 0 Å². The number of rotatable bonds is 0. The van der Waals surface area contributed by atoms with Crippen LogP contribution in [0.25, 0.3) is 0 Å². The largest absolute Gasteiger partial charge is 1.00 e. The zero-order chi connectivity index (χ0) is 8.08. The van der Waals surface area contributed by atoms with Gasteiger partial charge in [0.05, 0.1) is 0 Å². The molecule has 0 aliphatic heterocycles. The number of aliphatic carboxylic acids is 1. The molecule has 0 amide bonds. The quantitative estimate of drug-likeness (QED) is 0.252. The van der Waals surface area contributed by atoms with Crippen LogP contribution in [0.5, 0.6) is 0 Å². The van der Waals surface area contributed by atoms with Crippen molar-refractivity contribution in [3.05, 3.63) is 0 Å². The van der Waals surface area contributed by atoms with E-state index in [1.807, 2.05) is 0 Å². The van der Waals surface area contributed by atoms with Gasteiger partial charge in [-0.3, -0.25) is 4.79 Å². The maximum atomic E-state index is 9.00. The predicted molar refractivity (Wildman–Crippen MR) is 30.9 cm³/mol. The Morgan fingerprint density at radius 2 is 1.15 bits per heavy atom. The van der Waals surface area contributed by atoms with Crippen LogP contribution in [0, 0.1) is 0 Å². The summed E-state index contributed by atoms with van der Waals surface area (Å²) in [7, 11) is -4.64. The molecule has 0 atom stereocenters. The molecule has 0 unspecified atom stereocenters. The summed E-state index contributed by atoms with van der Waals surface area (Å²) in [6.07, 6.45) is 0. The first kappa shape index (κ1) is 36.0. The van der Waals surface area contributed by atoms with Gasteiger partial charge in [0.15, 0.2) is 0 Å². The van der Waals surface area contributed by atoms with E-state index in [1.165, 1.54) is 0 Å². The van der Waals surface area contributed by atoms with E-state index >= 15 is 0 Å². The van der Waals surface area contributed by atoms with Crippen LogP contribution in [0.1, 0.15) is 11.2 Å². The minimum absolute atomic E-state index is 0. The second-order valence-corrected chi connectivity index (χ2v) is 2.06. The monoisotopic (exact) mass is 253 g/mol. The van der Waals surface area contributed by atoms with E-state index in [1.54, 1.807) is 0 Å². The van der Waals surface area contributed by atoms with Gasteiger partial charge in [-0.1, -0.05) is 0 Å². The predicted octanol–water partition coefficient (Wildman–Crippen LogP) is -12.5. The molecule has 6 nitrogen and oxygen atoms in total. The molecule has 0 rings (SSSR count). The fraction of sp³-hybridized carbons (Fsp3) is 0.500. The minimum atomic E-state index is -4.64. The molecular formula is C2H10Na4O6P+5. The van der Waals surface area contributed by atoms with Crippen molar-refractivity contribution in [3.63, 3.8) is 0 Å². The molecule has 0 aromatic carbocycles. The summed E-state index contributed by atoms with van der Waals surface area (Å²) in [6, 6.07) is 0. The molecule has 0 aromatic rings. The molecule has 0 fully saturated rings. The first-order valence-corrected chi connectivity index (χ1v) is 3.28. The summed E-state index contributed by atoms with van der Waals surface area (Å²) < 4.78 is 8.88. The maximum Gasteiger partial charge on any atom is 1.00 e. The summed E-state index contributed by atoms with van der Waals surface area (Å²) in [5.41, 5.74) is 0. The van der Waals surface area contributed by atoms with Gasteiger partial charge in [0.2, 0.25) is 0 Å². The molecular weight excluding hydrogens is 243 g/mol. The van der Waals surface area contributed by atoms with Crippen molar-refractivity contribution in [2.24, 2.45) is 0 Å². The van der Waals surface area contributed by atoms with Gasteiger partial charge >= 0.3 is 129 Å². The first-order valence-electron chi connectivity index (χ1n) is 1.71. The minimum Gasteiger partial charge on any atom is -1.00 e. The van der Waals surface area contributed by atoms with Crippen molar-refractivity contribution in [2.75, 3.05) is 0 Å². The molecule has 0 aromatic heterocycles. The molecule has 11 heteroatoms. The van der Waals surface area contributed by atoms with Crippen LogP contribution in [0.4, 0.5) is 0 Å². The van der Waals surface area contributed by atoms with Gasteiger partial charge in [0, 0.05) is 6.92 Å². The van der Waals surface area contributed by atoms with Gasteiger partial charge < -0.3 is 21.2 Å². The van der Waals surface area contributed by atoms with Crippen LogP contribution in [-0.2, 0) is 9.36 Å². The van der Waals surface area contributed by atoms with Gasteiger partial charge in [0.25, 0.3) is 5.97 Å². The standard InChI is InChI=1S/C2H4O2.4Na.H3O4P.H/c1-2(3)4;;;;;1-5(2,3)4;/h1H3,(H,3,4);;;;;(H3,1,2,3,4);/q;4*+1;;-1/p+2. The van der Waals surface area contributed by atoms with E-state index in [4.69, 9.17) is 29.1 Å². The zero-order valence-corrected chi connectivity index (χ0v) is 17.4. The van der Waals surface area contributed by atoms with Crippen molar-refractivity contribution >= 4 is 13.8 Å². The fourth-order valence-corrected chi connectivity index (χ4v) is 0. The van der Waals surface area contributed by atoms with E-state index in [9.17, 15) is 0 Å². The van der Waals surface area contributed by atoms with Crippen molar-refractivity contribution in [1.82, 2.24) is 0 Å². The van der Waals surface area contributed by atoms with E-state index < -0.39 is 13.8 Å². The number of hydrogen-bond donors (Lipinski definition) is 4. The Morgan fingerprint density at radius 3 is 1.15 bits per heavy atom. The summed E-state index contributed by atoms with van der Waals surface area (Å²) >= 11 is 0. The summed E-state index contributed by atoms with van der Waals surface area (Å²) in [4.78, 5) is 30.6. The maximum absolute atomic E-state index is 9.00. The van der Waals surface area contributed by atoms with Crippen molar-refractivity contribution in [3.8, 4) is 0 Å². The number of carbonyl (C=O) groups is 1. The van der Waals surface area contributed by atoms with Gasteiger partial charge in [-0.15, -0.1) is 0 Å². The Labute approximate surface area is 169 Å². The Morgan fingerprint density at radius 1 is 1.15 bits per heavy atom. The third-order valence-electron chi connectivity index (χ3n) is 0. The molecule has 58 valence electrons. The number of hydrogen-bond acceptors (Lipinski definition) is 2. The van der Waals surface area contributed by atoms with Gasteiger partial charge in [-0.25, -0.2) is 4.57 Å². The smallest absolute Gasteiger partial charge is 1.00 e. The molecule has 0 saturated heterocycles. The first-order chi connectivity index (χ1) is 3.73. The fourth-order valence-electron chi connectivity index (χ4n) is 0. The second kappa shape index (κ2) is 20.9. The molecule has 0 aliphatic rings. The Bertz CT molecular complexity index is 133. The van der Waals surface area contributed by atoms with Crippen LogP contribution >= 0.6 is 7.82 Å². The van der Waals surface area contributed by atoms with Crippen LogP contribution in [0.3, 0.4) is 0 Å². The Hall–Kier alpha value is 3.58. The van der Waals surface area contributed by atoms with E-state index in [0.29, 0.717) is 0 Å². The Balaban J connectivity index is -0.00000000614. The van der Waals surface area contributed by atoms with E-state index in [-0.39, 0.29) is 123 Å². The topological polar surface area (TPSA) is 115 Å². The molecule has 0 radical (unpaired) electrons. The number of phosphoric acid groups is 1. The van der Waals surface area contributed by atoms with Crippen LogP contribution in [-0.4, -0.2) is 25.8 Å². The summed E-state index contributed by atoms with van der Waals surface area (Å²) in [6.45, 7) is 1.08. The SMILES string of the molecule is CC(=O)O.O=P(O)(O)O.[H+].[H+].[H-].[Na+].[Na+].[Na+].[Na+]. The van der Waals surface area contributed by atoms with Crippen molar-refractivity contribution in [2.45, 2.75) is 6.92 Å². The van der Waals surface area contributed by atoms with Crippen molar-refractivity contribution in [1.29, 1.82) is 0 Å². The van der Waals surface area contributed by atoms with Gasteiger partial charge in [-0.2, -0.15) is 0 Å². The van der Waals surface area contributed by atoms with Gasteiger partial charge in [0.1, 0.15) is 0 Å². The third-order valence-corrected chi connectivity index (χ3v) is 0.